The Balaban J connectivity index is 1.97. The van der Waals surface area contributed by atoms with Crippen LogP contribution in [0.2, 0.25) is 5.02 Å². The van der Waals surface area contributed by atoms with Gasteiger partial charge in [-0.25, -0.2) is 0 Å². The van der Waals surface area contributed by atoms with Gasteiger partial charge in [-0.2, -0.15) is 0 Å². The van der Waals surface area contributed by atoms with Gasteiger partial charge >= 0.3 is 0 Å². The number of quaternary nitrogens is 1. The normalized spacial score (nSPS) is 12.7. The summed E-state index contributed by atoms with van der Waals surface area (Å²) < 4.78 is 10.8. The predicted octanol–water partition coefficient (Wildman–Crippen LogP) is 2.96. The van der Waals surface area contributed by atoms with Gasteiger partial charge in [0.1, 0.15) is 24.7 Å². The molecule has 0 heterocycles. The number of carbonyl (C=O) groups is 1. The molecule has 0 aliphatic heterocycles. The summed E-state index contributed by atoms with van der Waals surface area (Å²) in [5, 5.41) is 3.44. The number of anilines is 1. The highest BCUT2D eigenvalue weighted by Crippen LogP contribution is 2.27. The zero-order valence-electron chi connectivity index (χ0n) is 15.9. The molecule has 2 aromatic carbocycles. The zero-order chi connectivity index (χ0) is 19.8. The summed E-state index contributed by atoms with van der Waals surface area (Å²) in [5.41, 5.74) is 1.69. The van der Waals surface area contributed by atoms with E-state index in [4.69, 9.17) is 21.1 Å². The maximum atomic E-state index is 12.6. The molecule has 0 bridgehead atoms. The maximum absolute atomic E-state index is 12.6. The molecule has 1 unspecified atom stereocenters. The number of amides is 1. The summed E-state index contributed by atoms with van der Waals surface area (Å²) >= 11 is 6.02. The van der Waals surface area contributed by atoms with Gasteiger partial charge in [0.2, 0.25) is 0 Å². The standard InChI is InChI=1S/C21H25ClN2O3/c1-5-12-27-18-9-6-16(7-10-18)14-24(3)15(2)21(25)23-19-13-17(22)8-11-20(19)26-4/h5-11,13,15H,1,12,14H2,2-4H3,(H,23,25)/p+1/t15-/m1/s1. The summed E-state index contributed by atoms with van der Waals surface area (Å²) in [5.74, 6) is 1.28. The topological polar surface area (TPSA) is 52.0 Å². The first kappa shape index (κ1) is 20.8. The van der Waals surface area contributed by atoms with Crippen LogP contribution in [-0.2, 0) is 11.3 Å². The van der Waals surface area contributed by atoms with E-state index in [0.29, 0.717) is 29.6 Å². The lowest BCUT2D eigenvalue weighted by molar-refractivity contribution is -0.907. The number of benzene rings is 2. The van der Waals surface area contributed by atoms with Gasteiger partial charge in [0.15, 0.2) is 6.04 Å². The third kappa shape index (κ3) is 6.01. The molecule has 0 aliphatic carbocycles. The van der Waals surface area contributed by atoms with Crippen LogP contribution in [0.4, 0.5) is 5.69 Å². The molecule has 0 saturated heterocycles. The minimum Gasteiger partial charge on any atom is -0.495 e. The zero-order valence-corrected chi connectivity index (χ0v) is 16.7. The number of methoxy groups -OCH3 is 1. The number of ether oxygens (including phenoxy) is 2. The highest BCUT2D eigenvalue weighted by atomic mass is 35.5. The fraction of sp³-hybridized carbons (Fsp3) is 0.286. The van der Waals surface area contributed by atoms with Crippen LogP contribution in [0.25, 0.3) is 0 Å². The van der Waals surface area contributed by atoms with Crippen molar-refractivity contribution in [1.82, 2.24) is 0 Å². The van der Waals surface area contributed by atoms with E-state index in [1.807, 2.05) is 38.2 Å². The first-order valence-corrected chi connectivity index (χ1v) is 9.11. The Morgan fingerprint density at radius 2 is 2.00 bits per heavy atom. The van der Waals surface area contributed by atoms with Crippen molar-refractivity contribution in [3.8, 4) is 11.5 Å². The van der Waals surface area contributed by atoms with Gasteiger partial charge in [-0.1, -0.05) is 24.3 Å². The monoisotopic (exact) mass is 389 g/mol. The van der Waals surface area contributed by atoms with Crippen molar-refractivity contribution < 1.29 is 19.2 Å². The van der Waals surface area contributed by atoms with Gasteiger partial charge in [0, 0.05) is 10.6 Å². The summed E-state index contributed by atoms with van der Waals surface area (Å²) in [4.78, 5) is 13.7. The summed E-state index contributed by atoms with van der Waals surface area (Å²) in [7, 11) is 3.55. The van der Waals surface area contributed by atoms with E-state index in [9.17, 15) is 4.79 Å². The van der Waals surface area contributed by atoms with Crippen LogP contribution in [0, 0.1) is 0 Å². The molecule has 0 aromatic heterocycles. The third-order valence-corrected chi connectivity index (χ3v) is 4.56. The summed E-state index contributed by atoms with van der Waals surface area (Å²) in [6.07, 6.45) is 1.71. The molecule has 2 rings (SSSR count). The van der Waals surface area contributed by atoms with Crippen LogP contribution in [-0.4, -0.2) is 32.7 Å². The lowest BCUT2D eigenvalue weighted by Gasteiger charge is -2.22. The minimum absolute atomic E-state index is 0.0981. The van der Waals surface area contributed by atoms with Crippen LogP contribution in [0.5, 0.6) is 11.5 Å². The molecule has 6 heteroatoms. The molecule has 27 heavy (non-hydrogen) atoms. The van der Waals surface area contributed by atoms with Crippen LogP contribution in [0.3, 0.4) is 0 Å². The van der Waals surface area contributed by atoms with E-state index in [2.05, 4.69) is 11.9 Å². The van der Waals surface area contributed by atoms with Gasteiger partial charge in [0.05, 0.1) is 19.8 Å². The van der Waals surface area contributed by atoms with Gasteiger partial charge < -0.3 is 19.7 Å². The Hall–Kier alpha value is -2.50. The van der Waals surface area contributed by atoms with E-state index in [0.717, 1.165) is 16.2 Å². The highest BCUT2D eigenvalue weighted by Gasteiger charge is 2.23. The molecule has 1 amide bonds. The SMILES string of the molecule is C=CCOc1ccc(C[NH+](C)[C@H](C)C(=O)Nc2cc(Cl)ccc2OC)cc1. The highest BCUT2D eigenvalue weighted by molar-refractivity contribution is 6.31. The first-order valence-electron chi connectivity index (χ1n) is 8.74. The molecule has 0 fully saturated rings. The fourth-order valence-electron chi connectivity index (χ4n) is 2.58. The van der Waals surface area contributed by atoms with Crippen LogP contribution < -0.4 is 19.7 Å². The van der Waals surface area contributed by atoms with Gasteiger partial charge in [-0.05, 0) is 49.4 Å². The maximum Gasteiger partial charge on any atom is 0.282 e. The number of halogens is 1. The van der Waals surface area contributed by atoms with E-state index in [-0.39, 0.29) is 11.9 Å². The van der Waals surface area contributed by atoms with Gasteiger partial charge in [-0.15, -0.1) is 0 Å². The largest absolute Gasteiger partial charge is 0.495 e. The second kappa shape index (κ2) is 10.00. The molecule has 0 spiro atoms. The lowest BCUT2D eigenvalue weighted by atomic mass is 10.1. The molecule has 2 N–H and O–H groups in total. The molecular weight excluding hydrogens is 364 g/mol. The number of carbonyl (C=O) groups excluding carboxylic acids is 1. The molecule has 2 atom stereocenters. The number of hydrogen-bond acceptors (Lipinski definition) is 3. The second-order valence-electron chi connectivity index (χ2n) is 6.32. The Labute approximate surface area is 165 Å². The van der Waals surface area contributed by atoms with Crippen LogP contribution >= 0.6 is 11.6 Å². The van der Waals surface area contributed by atoms with Crippen molar-refractivity contribution in [2.24, 2.45) is 0 Å². The fourth-order valence-corrected chi connectivity index (χ4v) is 2.75. The van der Waals surface area contributed by atoms with Crippen molar-refractivity contribution in [3.05, 3.63) is 65.7 Å². The molecule has 0 saturated carbocycles. The Bertz CT molecular complexity index is 777. The molecular formula is C21H26ClN2O3+. The second-order valence-corrected chi connectivity index (χ2v) is 6.76. The van der Waals surface area contributed by atoms with Crippen LogP contribution in [0.1, 0.15) is 12.5 Å². The predicted molar refractivity (Wildman–Crippen MR) is 109 cm³/mol. The average Bonchev–Trinajstić information content (AvgIpc) is 2.67. The van der Waals surface area contributed by atoms with Gasteiger partial charge in [-0.3, -0.25) is 4.79 Å². The van der Waals surface area contributed by atoms with Crippen molar-refractivity contribution in [1.29, 1.82) is 0 Å². The van der Waals surface area contributed by atoms with Crippen molar-refractivity contribution in [3.63, 3.8) is 0 Å². The smallest absolute Gasteiger partial charge is 0.282 e. The van der Waals surface area contributed by atoms with Gasteiger partial charge in [0.25, 0.3) is 5.91 Å². The number of rotatable bonds is 9. The van der Waals surface area contributed by atoms with E-state index in [1.165, 1.54) is 0 Å². The lowest BCUT2D eigenvalue weighted by Crippen LogP contribution is -3.12. The Morgan fingerprint density at radius 3 is 2.63 bits per heavy atom. The Kier molecular flexibility index (Phi) is 7.70. The summed E-state index contributed by atoms with van der Waals surface area (Å²) in [6.45, 7) is 6.72. The number of nitrogens with one attached hydrogen (secondary N) is 2. The van der Waals surface area contributed by atoms with E-state index < -0.39 is 0 Å². The first-order chi connectivity index (χ1) is 12.9. The molecule has 2 aromatic rings. The van der Waals surface area contributed by atoms with E-state index >= 15 is 0 Å². The van der Waals surface area contributed by atoms with Crippen molar-refractivity contribution >= 4 is 23.2 Å². The number of likely N-dealkylation sites (N-methyl/N-ethyl adjacent to an activating group) is 1. The Morgan fingerprint density at radius 1 is 1.30 bits per heavy atom. The average molecular weight is 390 g/mol. The molecule has 5 nitrogen and oxygen atoms in total. The minimum atomic E-state index is -0.259. The molecule has 0 radical (unpaired) electrons. The molecule has 0 aliphatic rings. The van der Waals surface area contributed by atoms with Crippen LogP contribution in [0.15, 0.2) is 55.1 Å². The van der Waals surface area contributed by atoms with Crippen molar-refractivity contribution in [2.45, 2.75) is 19.5 Å². The van der Waals surface area contributed by atoms with E-state index in [1.54, 1.807) is 31.4 Å². The molecule has 144 valence electrons. The van der Waals surface area contributed by atoms with Crippen molar-refractivity contribution in [2.75, 3.05) is 26.1 Å². The third-order valence-electron chi connectivity index (χ3n) is 4.33. The number of hydrogen-bond donors (Lipinski definition) is 2. The summed E-state index contributed by atoms with van der Waals surface area (Å²) in [6, 6.07) is 12.7. The quantitative estimate of drug-likeness (QED) is 0.648.